The smallest absolute Gasteiger partial charge is 0.344 e. The molecular weight excluding hydrogens is 799 g/mol. The average molecular weight is 898 g/mol. The molecule has 2 aliphatic heterocycles. The van der Waals surface area contributed by atoms with Gasteiger partial charge in [-0.15, -0.1) is 0 Å². The molecule has 1 aromatic rings. The Morgan fingerprint density at radius 2 is 1.17 bits per heavy atom. The van der Waals surface area contributed by atoms with Crippen LogP contribution in [-0.4, -0.2) is 55.2 Å². The maximum absolute atomic E-state index is 13.3. The Hall–Kier alpha value is -2.32. The third-order valence-corrected chi connectivity index (χ3v) is 14.5. The van der Waals surface area contributed by atoms with E-state index in [1.807, 2.05) is 20.8 Å². The maximum atomic E-state index is 13.3. The fourth-order valence-electron chi connectivity index (χ4n) is 9.78. The quantitative estimate of drug-likeness (QED) is 0.0544. The second kappa shape index (κ2) is 29.4. The fraction of sp³-hybridized carbons (Fsp3) is 0.857. The second-order valence-electron chi connectivity index (χ2n) is 21.9. The highest BCUT2D eigenvalue weighted by atomic mass is 16.7. The number of hydrogen-bond acceptors (Lipinski definition) is 7. The van der Waals surface area contributed by atoms with Crippen LogP contribution in [-0.2, 0) is 30.2 Å². The standard InChI is InChI=1S/C56H99NO7/c1-12-13-14-15-16-17-18-19-20-21-22-23-24-25-26-35-50(58)57-56(41-62-54(9,10)63-42-56)40-61-51(59)39-60-52-46(6)47(7)53-49(48(52)8)36-38-55(11,64-53)37-29-34-45(5)33-28-32-44(4)31-27-30-43(2)3/h43-45H,12-42H2,1-11H3,(H,57,58). The summed E-state index contributed by atoms with van der Waals surface area (Å²) in [4.78, 5) is 26.5. The van der Waals surface area contributed by atoms with E-state index in [0.29, 0.717) is 6.42 Å². The molecule has 3 rings (SSSR count). The monoisotopic (exact) mass is 898 g/mol. The first kappa shape index (κ1) is 56.0. The topological polar surface area (TPSA) is 92.3 Å². The highest BCUT2D eigenvalue weighted by molar-refractivity contribution is 5.77. The number of carbonyl (C=O) groups excluding carboxylic acids is 2. The summed E-state index contributed by atoms with van der Waals surface area (Å²) in [7, 11) is 0. The Labute approximate surface area is 393 Å². The van der Waals surface area contributed by atoms with Gasteiger partial charge in [0.25, 0.3) is 0 Å². The fourth-order valence-corrected chi connectivity index (χ4v) is 9.78. The summed E-state index contributed by atoms with van der Waals surface area (Å²) in [6.07, 6.45) is 33.1. The van der Waals surface area contributed by atoms with Crippen molar-refractivity contribution in [3.63, 3.8) is 0 Å². The molecule has 0 aliphatic carbocycles. The summed E-state index contributed by atoms with van der Waals surface area (Å²) in [5, 5.41) is 3.13. The minimum atomic E-state index is -0.959. The number of amides is 1. The Balaban J connectivity index is 1.40. The van der Waals surface area contributed by atoms with E-state index in [1.54, 1.807) is 0 Å². The molecule has 0 bridgehead atoms. The lowest BCUT2D eigenvalue weighted by Crippen LogP contribution is -2.63. The van der Waals surface area contributed by atoms with Crippen molar-refractivity contribution in [1.82, 2.24) is 5.32 Å². The number of unbranched alkanes of at least 4 members (excludes halogenated alkanes) is 14. The molecule has 8 nitrogen and oxygen atoms in total. The molecule has 8 heteroatoms. The molecule has 0 radical (unpaired) electrons. The van der Waals surface area contributed by atoms with Gasteiger partial charge in [-0.2, -0.15) is 0 Å². The Bertz CT molecular complexity index is 1480. The maximum Gasteiger partial charge on any atom is 0.344 e. The molecule has 2 heterocycles. The Morgan fingerprint density at radius 3 is 1.72 bits per heavy atom. The zero-order valence-corrected chi connectivity index (χ0v) is 43.5. The van der Waals surface area contributed by atoms with Crippen molar-refractivity contribution in [1.29, 1.82) is 0 Å². The van der Waals surface area contributed by atoms with Gasteiger partial charge in [-0.05, 0) is 108 Å². The summed E-state index contributed by atoms with van der Waals surface area (Å²) in [5.41, 5.74) is 3.11. The van der Waals surface area contributed by atoms with Gasteiger partial charge in [-0.25, -0.2) is 4.79 Å². The van der Waals surface area contributed by atoms with Crippen LogP contribution in [0.15, 0.2) is 0 Å². The lowest BCUT2D eigenvalue weighted by Gasteiger charge is -2.43. The van der Waals surface area contributed by atoms with Crippen molar-refractivity contribution in [2.45, 2.75) is 266 Å². The van der Waals surface area contributed by atoms with Gasteiger partial charge in [0.1, 0.15) is 29.2 Å². The van der Waals surface area contributed by atoms with Crippen molar-refractivity contribution in [2.24, 2.45) is 17.8 Å². The minimum Gasteiger partial charge on any atom is -0.487 e. The van der Waals surface area contributed by atoms with Gasteiger partial charge in [-0.3, -0.25) is 4.79 Å². The molecule has 3 unspecified atom stereocenters. The molecule has 0 spiro atoms. The molecule has 64 heavy (non-hydrogen) atoms. The molecule has 2 aliphatic rings. The van der Waals surface area contributed by atoms with Crippen LogP contribution in [0.5, 0.6) is 11.5 Å². The van der Waals surface area contributed by atoms with E-state index in [0.717, 1.165) is 84.5 Å². The van der Waals surface area contributed by atoms with Gasteiger partial charge in [0, 0.05) is 12.0 Å². The van der Waals surface area contributed by atoms with Crippen molar-refractivity contribution in [3.05, 3.63) is 22.3 Å². The Kier molecular flexibility index (Phi) is 25.8. The van der Waals surface area contributed by atoms with E-state index >= 15 is 0 Å². The van der Waals surface area contributed by atoms with Gasteiger partial charge >= 0.3 is 5.97 Å². The van der Waals surface area contributed by atoms with Gasteiger partial charge in [0.15, 0.2) is 12.4 Å². The lowest BCUT2D eigenvalue weighted by molar-refractivity contribution is -0.275. The first-order valence-corrected chi connectivity index (χ1v) is 26.7. The molecular formula is C56H99NO7. The van der Waals surface area contributed by atoms with Crippen LogP contribution in [0.2, 0.25) is 0 Å². The number of benzene rings is 1. The minimum absolute atomic E-state index is 0.0555. The second-order valence-corrected chi connectivity index (χ2v) is 21.9. The number of fused-ring (bicyclic) bond motifs is 1. The third kappa shape index (κ3) is 21.1. The summed E-state index contributed by atoms with van der Waals surface area (Å²) in [5.74, 6) is 2.77. The van der Waals surface area contributed by atoms with Crippen LogP contribution >= 0.6 is 0 Å². The average Bonchev–Trinajstić information content (AvgIpc) is 3.24. The molecule has 0 saturated carbocycles. The number of rotatable bonds is 34. The number of ether oxygens (including phenoxy) is 5. The highest BCUT2D eigenvalue weighted by Gasteiger charge is 2.43. The van der Waals surface area contributed by atoms with Gasteiger partial charge < -0.3 is 29.0 Å². The summed E-state index contributed by atoms with van der Waals surface area (Å²) >= 11 is 0. The molecule has 1 N–H and O–H groups in total. The van der Waals surface area contributed by atoms with Crippen LogP contribution in [0, 0.1) is 38.5 Å². The molecule has 1 saturated heterocycles. The molecule has 0 aromatic heterocycles. The van der Waals surface area contributed by atoms with Crippen molar-refractivity contribution >= 4 is 11.9 Å². The van der Waals surface area contributed by atoms with Crippen molar-refractivity contribution in [3.8, 4) is 11.5 Å². The van der Waals surface area contributed by atoms with Crippen molar-refractivity contribution < 1.29 is 33.3 Å². The number of hydrogen-bond donors (Lipinski definition) is 1. The summed E-state index contributed by atoms with van der Waals surface area (Å²) in [6, 6.07) is 0. The van der Waals surface area contributed by atoms with Crippen molar-refractivity contribution in [2.75, 3.05) is 26.4 Å². The van der Waals surface area contributed by atoms with E-state index in [2.05, 4.69) is 60.7 Å². The number of esters is 1. The molecule has 1 aromatic carbocycles. The number of carbonyl (C=O) groups is 2. The van der Waals surface area contributed by atoms with Gasteiger partial charge in [0.05, 0.1) is 13.2 Å². The predicted octanol–water partition coefficient (Wildman–Crippen LogP) is 15.0. The highest BCUT2D eigenvalue weighted by Crippen LogP contribution is 2.45. The molecule has 370 valence electrons. The molecule has 1 fully saturated rings. The van der Waals surface area contributed by atoms with Gasteiger partial charge in [-0.1, -0.05) is 169 Å². The Morgan fingerprint density at radius 1 is 0.656 bits per heavy atom. The van der Waals surface area contributed by atoms with E-state index in [9.17, 15) is 9.59 Å². The zero-order chi connectivity index (χ0) is 47.0. The SMILES string of the molecule is CCCCCCCCCCCCCCCCCC(=O)NC1(COC(=O)COc2c(C)c(C)c3c(c2C)CCC(C)(CCCC(C)CCCC(C)CCCC(C)C)O3)COC(C)(C)OC1. The van der Waals surface area contributed by atoms with E-state index in [4.69, 9.17) is 23.7 Å². The normalized spacial score (nSPS) is 18.9. The predicted molar refractivity (Wildman–Crippen MR) is 266 cm³/mol. The molecule has 3 atom stereocenters. The van der Waals surface area contributed by atoms with Gasteiger partial charge in [0.2, 0.25) is 5.91 Å². The third-order valence-electron chi connectivity index (χ3n) is 14.5. The van der Waals surface area contributed by atoms with E-state index in [-0.39, 0.29) is 37.9 Å². The van der Waals surface area contributed by atoms with E-state index < -0.39 is 17.3 Å². The summed E-state index contributed by atoms with van der Waals surface area (Å²) in [6.45, 7) is 24.1. The van der Waals surface area contributed by atoms with Crippen LogP contribution in [0.25, 0.3) is 0 Å². The van der Waals surface area contributed by atoms with Crippen LogP contribution < -0.4 is 14.8 Å². The van der Waals surface area contributed by atoms with E-state index in [1.165, 1.54) is 134 Å². The first-order valence-electron chi connectivity index (χ1n) is 26.7. The first-order chi connectivity index (χ1) is 30.5. The van der Waals surface area contributed by atoms with Crippen LogP contribution in [0.3, 0.4) is 0 Å². The van der Waals surface area contributed by atoms with Crippen LogP contribution in [0.1, 0.15) is 245 Å². The number of nitrogens with one attached hydrogen (secondary N) is 1. The zero-order valence-electron chi connectivity index (χ0n) is 43.5. The van der Waals surface area contributed by atoms with Crippen LogP contribution in [0.4, 0.5) is 0 Å². The summed E-state index contributed by atoms with van der Waals surface area (Å²) < 4.78 is 30.9. The lowest BCUT2D eigenvalue weighted by atomic mass is 9.83. The largest absolute Gasteiger partial charge is 0.487 e. The molecule has 1 amide bonds.